The molecule has 0 aromatic heterocycles. The van der Waals surface area contributed by atoms with E-state index in [1.54, 1.807) is 21.1 Å². The largest absolute Gasteiger partial charge is 0.493 e. The maximum absolute atomic E-state index is 11.5. The number of carbonyl (C=O) groups is 1. The molecule has 0 radical (unpaired) electrons. The average Bonchev–Trinajstić information content (AvgIpc) is 2.60. The summed E-state index contributed by atoms with van der Waals surface area (Å²) in [6.45, 7) is 5.77. The second-order valence-electron chi connectivity index (χ2n) is 7.07. The number of amidine groups is 1. The zero-order chi connectivity index (χ0) is 18.9. The minimum absolute atomic E-state index is 0.0508. The van der Waals surface area contributed by atoms with Gasteiger partial charge in [0.1, 0.15) is 5.84 Å². The Balaban J connectivity index is 2.00. The minimum atomic E-state index is -0.228. The molecule has 1 aliphatic heterocycles. The molecule has 5 heteroatoms. The number of rotatable bonds is 4. The van der Waals surface area contributed by atoms with Gasteiger partial charge in [0, 0.05) is 16.8 Å². The third kappa shape index (κ3) is 3.57. The molecule has 2 aromatic carbocycles. The summed E-state index contributed by atoms with van der Waals surface area (Å²) in [4.78, 5) is 16.3. The maximum Gasteiger partial charge on any atom is 0.161 e. The predicted octanol–water partition coefficient (Wildman–Crippen LogP) is 4.10. The summed E-state index contributed by atoms with van der Waals surface area (Å²) in [6, 6.07) is 11.4. The van der Waals surface area contributed by atoms with Gasteiger partial charge in [-0.2, -0.15) is 0 Å². The molecule has 26 heavy (non-hydrogen) atoms. The fourth-order valence-corrected chi connectivity index (χ4v) is 3.18. The second-order valence-corrected chi connectivity index (χ2v) is 7.07. The Kier molecular flexibility index (Phi) is 4.72. The van der Waals surface area contributed by atoms with Gasteiger partial charge in [0.25, 0.3) is 0 Å². The van der Waals surface area contributed by atoms with E-state index in [2.05, 4.69) is 19.2 Å². The van der Waals surface area contributed by atoms with E-state index in [-0.39, 0.29) is 11.3 Å². The van der Waals surface area contributed by atoms with Crippen molar-refractivity contribution in [1.29, 1.82) is 0 Å². The molecule has 1 heterocycles. The van der Waals surface area contributed by atoms with E-state index in [0.29, 0.717) is 17.1 Å². The van der Waals surface area contributed by atoms with Crippen LogP contribution < -0.4 is 14.8 Å². The first kappa shape index (κ1) is 18.0. The number of anilines is 1. The Morgan fingerprint density at radius 3 is 2.27 bits per heavy atom. The monoisotopic (exact) mass is 352 g/mol. The molecule has 0 amide bonds. The van der Waals surface area contributed by atoms with Crippen molar-refractivity contribution in [2.45, 2.75) is 32.7 Å². The van der Waals surface area contributed by atoms with Crippen molar-refractivity contribution < 1.29 is 14.3 Å². The number of nitrogens with one attached hydrogen (secondary N) is 1. The number of carbonyl (C=O) groups excluding carboxylic acids is 1. The van der Waals surface area contributed by atoms with Crippen LogP contribution in [0.5, 0.6) is 11.5 Å². The number of fused-ring (bicyclic) bond motifs is 1. The van der Waals surface area contributed by atoms with Crippen molar-refractivity contribution >= 4 is 17.3 Å². The number of methoxy groups -OCH3 is 2. The average molecular weight is 352 g/mol. The normalized spacial score (nSPS) is 14.9. The topological polar surface area (TPSA) is 59.9 Å². The van der Waals surface area contributed by atoms with Crippen molar-refractivity contribution in [3.63, 3.8) is 0 Å². The number of benzene rings is 2. The molecule has 0 unspecified atom stereocenters. The molecule has 1 N–H and O–H groups in total. The molecule has 136 valence electrons. The Labute approximate surface area is 154 Å². The minimum Gasteiger partial charge on any atom is -0.493 e. The van der Waals surface area contributed by atoms with Crippen LogP contribution in [0.3, 0.4) is 0 Å². The van der Waals surface area contributed by atoms with Crippen LogP contribution in [0.1, 0.15) is 42.3 Å². The van der Waals surface area contributed by atoms with E-state index < -0.39 is 0 Å². The molecular weight excluding hydrogens is 328 g/mol. The van der Waals surface area contributed by atoms with Gasteiger partial charge in [0.15, 0.2) is 17.3 Å². The number of Topliss-reactive ketones (excluding diaryl/α,β-unsaturated/α-hetero) is 1. The standard InChI is InChI=1S/C21H24N2O3/c1-13(24)14-6-8-16(9-7-14)22-20-17-11-19(26-5)18(25-4)10-15(17)12-21(2,3)23-20/h6-11H,12H2,1-5H3,(H,22,23). The fourth-order valence-electron chi connectivity index (χ4n) is 3.18. The summed E-state index contributed by atoms with van der Waals surface area (Å²) in [5.41, 5.74) is 3.50. The molecule has 0 saturated carbocycles. The number of ketones is 1. The first-order valence-electron chi connectivity index (χ1n) is 8.56. The Morgan fingerprint density at radius 2 is 1.69 bits per heavy atom. The summed E-state index contributed by atoms with van der Waals surface area (Å²) in [5, 5.41) is 3.39. The van der Waals surface area contributed by atoms with E-state index in [1.165, 1.54) is 0 Å². The van der Waals surface area contributed by atoms with Crippen LogP contribution in [0.2, 0.25) is 0 Å². The quantitative estimate of drug-likeness (QED) is 0.842. The number of hydrogen-bond donors (Lipinski definition) is 1. The van der Waals surface area contributed by atoms with Crippen molar-refractivity contribution in [1.82, 2.24) is 0 Å². The van der Waals surface area contributed by atoms with E-state index in [0.717, 1.165) is 29.1 Å². The number of nitrogens with zero attached hydrogens (tertiary/aromatic N) is 1. The van der Waals surface area contributed by atoms with Crippen LogP contribution in [0.4, 0.5) is 5.69 Å². The van der Waals surface area contributed by atoms with Gasteiger partial charge < -0.3 is 14.8 Å². The van der Waals surface area contributed by atoms with Gasteiger partial charge in [-0.1, -0.05) is 0 Å². The molecule has 0 aliphatic carbocycles. The summed E-state index contributed by atoms with van der Waals surface area (Å²) in [6.07, 6.45) is 0.817. The molecule has 0 atom stereocenters. The summed E-state index contributed by atoms with van der Waals surface area (Å²) >= 11 is 0. The second kappa shape index (κ2) is 6.83. The van der Waals surface area contributed by atoms with E-state index in [1.807, 2.05) is 36.4 Å². The van der Waals surface area contributed by atoms with E-state index in [9.17, 15) is 4.79 Å². The molecular formula is C21H24N2O3. The van der Waals surface area contributed by atoms with Gasteiger partial charge in [-0.3, -0.25) is 9.79 Å². The lowest BCUT2D eigenvalue weighted by molar-refractivity contribution is 0.101. The zero-order valence-corrected chi connectivity index (χ0v) is 15.8. The highest BCUT2D eigenvalue weighted by molar-refractivity contribution is 6.10. The number of aliphatic imine (C=N–C) groups is 1. The van der Waals surface area contributed by atoms with Crippen molar-refractivity contribution in [2.75, 3.05) is 19.5 Å². The van der Waals surface area contributed by atoms with Gasteiger partial charge in [0.2, 0.25) is 0 Å². The molecule has 2 aromatic rings. The van der Waals surface area contributed by atoms with Gasteiger partial charge in [-0.05, 0) is 69.2 Å². The number of ether oxygens (including phenoxy) is 2. The van der Waals surface area contributed by atoms with Crippen LogP contribution >= 0.6 is 0 Å². The summed E-state index contributed by atoms with van der Waals surface area (Å²) in [7, 11) is 3.27. The van der Waals surface area contributed by atoms with E-state index >= 15 is 0 Å². The first-order chi connectivity index (χ1) is 12.3. The van der Waals surface area contributed by atoms with Gasteiger partial charge >= 0.3 is 0 Å². The molecule has 0 saturated heterocycles. The lowest BCUT2D eigenvalue weighted by Gasteiger charge is -2.30. The van der Waals surface area contributed by atoms with E-state index in [4.69, 9.17) is 14.5 Å². The predicted molar refractivity (Wildman–Crippen MR) is 104 cm³/mol. The highest BCUT2D eigenvalue weighted by Gasteiger charge is 2.28. The molecule has 0 fully saturated rings. The SMILES string of the molecule is COc1cc2c(cc1OC)C(Nc1ccc(C(C)=O)cc1)=NC(C)(C)C2. The summed E-state index contributed by atoms with van der Waals surface area (Å²) in [5.74, 6) is 2.23. The van der Waals surface area contributed by atoms with Gasteiger partial charge in [-0.25, -0.2) is 0 Å². The Hall–Kier alpha value is -2.82. The zero-order valence-electron chi connectivity index (χ0n) is 15.8. The van der Waals surface area contributed by atoms with Crippen molar-refractivity contribution in [3.8, 4) is 11.5 Å². The van der Waals surface area contributed by atoms with Gasteiger partial charge in [-0.15, -0.1) is 0 Å². The van der Waals surface area contributed by atoms with Crippen molar-refractivity contribution in [3.05, 3.63) is 53.1 Å². The molecule has 3 rings (SSSR count). The molecule has 5 nitrogen and oxygen atoms in total. The van der Waals surface area contributed by atoms with Crippen LogP contribution in [0.25, 0.3) is 0 Å². The smallest absolute Gasteiger partial charge is 0.161 e. The molecule has 0 bridgehead atoms. The van der Waals surface area contributed by atoms with Crippen LogP contribution in [0, 0.1) is 0 Å². The van der Waals surface area contributed by atoms with Crippen LogP contribution in [0.15, 0.2) is 41.4 Å². The van der Waals surface area contributed by atoms with Gasteiger partial charge in [0.05, 0.1) is 19.8 Å². The van der Waals surface area contributed by atoms with Crippen LogP contribution in [-0.4, -0.2) is 31.4 Å². The summed E-state index contributed by atoms with van der Waals surface area (Å²) < 4.78 is 10.9. The number of hydrogen-bond acceptors (Lipinski definition) is 5. The maximum atomic E-state index is 11.5. The lowest BCUT2D eigenvalue weighted by atomic mass is 9.88. The third-order valence-electron chi connectivity index (χ3n) is 4.46. The fraction of sp³-hybridized carbons (Fsp3) is 0.333. The Morgan fingerprint density at radius 1 is 1.08 bits per heavy atom. The Bertz CT molecular complexity index is 868. The van der Waals surface area contributed by atoms with Crippen LogP contribution in [-0.2, 0) is 6.42 Å². The lowest BCUT2D eigenvalue weighted by Crippen LogP contribution is -2.32. The highest BCUT2D eigenvalue weighted by Crippen LogP contribution is 2.36. The first-order valence-corrected chi connectivity index (χ1v) is 8.56. The molecule has 1 aliphatic rings. The highest BCUT2D eigenvalue weighted by atomic mass is 16.5. The molecule has 0 spiro atoms. The van der Waals surface area contributed by atoms with Crippen molar-refractivity contribution in [2.24, 2.45) is 4.99 Å². The third-order valence-corrected chi connectivity index (χ3v) is 4.46.